The molecule has 0 fully saturated rings. The molecule has 0 spiro atoms. The van der Waals surface area contributed by atoms with Crippen molar-refractivity contribution in [1.29, 1.82) is 0 Å². The zero-order valence-corrected chi connectivity index (χ0v) is 5.94. The molecular formula is C4H4N5P. The Kier molecular flexibility index (Phi) is 1.05. The van der Waals surface area contributed by atoms with E-state index in [1.54, 1.807) is 0 Å². The Hall–Kier alpha value is -1.22. The minimum atomic E-state index is 0.210. The molecule has 5 nitrogen and oxygen atoms in total. The van der Waals surface area contributed by atoms with Crippen LogP contribution >= 0.6 is 8.51 Å². The van der Waals surface area contributed by atoms with Crippen LogP contribution in [0.25, 0.3) is 11.2 Å². The van der Waals surface area contributed by atoms with Crippen LogP contribution in [0.4, 0.5) is 5.82 Å². The number of nitrogen functional groups attached to an aromatic ring is 1. The summed E-state index contributed by atoms with van der Waals surface area (Å²) in [6, 6.07) is 0. The van der Waals surface area contributed by atoms with Crippen LogP contribution in [0.2, 0.25) is 0 Å². The summed E-state index contributed by atoms with van der Waals surface area (Å²) in [6.07, 6.45) is 1.39. The van der Waals surface area contributed by atoms with E-state index in [0.29, 0.717) is 17.0 Å². The summed E-state index contributed by atoms with van der Waals surface area (Å²) in [5.41, 5.74) is 6.73. The zero-order chi connectivity index (χ0) is 6.97. The van der Waals surface area contributed by atoms with Crippen LogP contribution in [0.1, 0.15) is 0 Å². The van der Waals surface area contributed by atoms with Crippen LogP contribution in [0.3, 0.4) is 0 Å². The molecule has 2 heterocycles. The molecule has 0 bridgehead atoms. The molecule has 2 rings (SSSR count). The normalized spacial score (nSPS) is 11.2. The minimum absolute atomic E-state index is 0.210. The van der Waals surface area contributed by atoms with E-state index >= 15 is 0 Å². The number of hydrogen-bond donors (Lipinski definition) is 1. The first-order valence-corrected chi connectivity index (χ1v) is 3.54. The van der Waals surface area contributed by atoms with Crippen molar-refractivity contribution in [2.75, 3.05) is 5.73 Å². The number of rotatable bonds is 0. The molecule has 10 heavy (non-hydrogen) atoms. The molecule has 2 aromatic heterocycles. The topological polar surface area (TPSA) is 77.6 Å². The van der Waals surface area contributed by atoms with Gasteiger partial charge in [-0.05, 0) is 0 Å². The number of nitrogens with zero attached hydrogens (tertiary/aromatic N) is 4. The number of nitrogens with two attached hydrogens (primary N) is 1. The first-order valence-electron chi connectivity index (χ1n) is 2.65. The highest BCUT2D eigenvalue weighted by Crippen LogP contribution is 2.13. The fourth-order valence-electron chi connectivity index (χ4n) is 0.694. The van der Waals surface area contributed by atoms with Crippen molar-refractivity contribution in [2.45, 2.75) is 0 Å². The van der Waals surface area contributed by atoms with E-state index in [4.69, 9.17) is 5.73 Å². The minimum Gasteiger partial charge on any atom is -0.382 e. The molecule has 6 heteroatoms. The van der Waals surface area contributed by atoms with Gasteiger partial charge in [0.15, 0.2) is 17.0 Å². The van der Waals surface area contributed by atoms with Gasteiger partial charge in [0, 0.05) is 0 Å². The Morgan fingerprint density at radius 1 is 1.30 bits per heavy atom. The molecule has 0 saturated heterocycles. The second-order valence-electron chi connectivity index (χ2n) is 1.75. The second kappa shape index (κ2) is 1.88. The summed E-state index contributed by atoms with van der Waals surface area (Å²) in [5, 5.41) is 0. The van der Waals surface area contributed by atoms with Crippen LogP contribution in [-0.2, 0) is 0 Å². The van der Waals surface area contributed by atoms with Crippen LogP contribution in [0.15, 0.2) is 6.33 Å². The fraction of sp³-hybridized carbons (Fsp3) is 0. The number of aromatic nitrogens is 4. The molecule has 0 saturated carbocycles. The van der Waals surface area contributed by atoms with Gasteiger partial charge in [0.25, 0.3) is 0 Å². The highest BCUT2D eigenvalue weighted by molar-refractivity contribution is 7.21. The van der Waals surface area contributed by atoms with Crippen molar-refractivity contribution in [3.63, 3.8) is 0 Å². The van der Waals surface area contributed by atoms with Gasteiger partial charge < -0.3 is 5.73 Å². The summed E-state index contributed by atoms with van der Waals surface area (Å²) in [5.74, 6) is 0.416. The van der Waals surface area contributed by atoms with Crippen molar-refractivity contribution in [3.8, 4) is 0 Å². The molecule has 0 aromatic carbocycles. The lowest BCUT2D eigenvalue weighted by Gasteiger charge is -1.87. The molecule has 50 valence electrons. The Morgan fingerprint density at radius 2 is 2.20 bits per heavy atom. The van der Waals surface area contributed by atoms with Gasteiger partial charge in [-0.15, -0.1) is 0 Å². The molecule has 2 aromatic rings. The quantitative estimate of drug-likeness (QED) is 0.577. The van der Waals surface area contributed by atoms with Gasteiger partial charge in [-0.1, -0.05) is 0 Å². The van der Waals surface area contributed by atoms with E-state index in [9.17, 15) is 0 Å². The average molecular weight is 153 g/mol. The second-order valence-corrected chi connectivity index (χ2v) is 2.40. The average Bonchev–Trinajstić information content (AvgIpc) is 2.36. The smallest absolute Gasteiger partial charge is 0.188 e. The van der Waals surface area contributed by atoms with Gasteiger partial charge in [-0.25, -0.2) is 14.7 Å². The van der Waals surface area contributed by atoms with E-state index < -0.39 is 0 Å². The monoisotopic (exact) mass is 153 g/mol. The van der Waals surface area contributed by atoms with Crippen LogP contribution < -0.4 is 5.73 Å². The molecule has 0 aliphatic carbocycles. The van der Waals surface area contributed by atoms with Crippen LogP contribution in [0, 0.1) is 0 Å². The lowest BCUT2D eigenvalue weighted by molar-refractivity contribution is 1.21. The van der Waals surface area contributed by atoms with Gasteiger partial charge in [0.05, 0.1) is 8.51 Å². The van der Waals surface area contributed by atoms with Crippen molar-refractivity contribution in [3.05, 3.63) is 6.33 Å². The Labute approximate surface area is 57.9 Å². The number of hydrogen-bond acceptors (Lipinski definition) is 5. The summed E-state index contributed by atoms with van der Waals surface area (Å²) in [4.78, 5) is 7.64. The third kappa shape index (κ3) is 0.642. The molecule has 2 N–H and O–H groups in total. The van der Waals surface area contributed by atoms with Crippen LogP contribution in [-0.4, -0.2) is 19.5 Å². The predicted molar refractivity (Wildman–Crippen MR) is 39.0 cm³/mol. The van der Waals surface area contributed by atoms with Crippen LogP contribution in [0.5, 0.6) is 0 Å². The summed E-state index contributed by atoms with van der Waals surface area (Å²) >= 11 is 0. The standard InChI is InChI=1S/C4H4N5P/c5-3-2-4(7-1-6-3)9-10-8-2/h1,10H,(H2,5,6,7,9). The molecule has 1 atom stereocenters. The Morgan fingerprint density at radius 3 is 3.00 bits per heavy atom. The van der Waals surface area contributed by atoms with E-state index in [1.165, 1.54) is 6.33 Å². The van der Waals surface area contributed by atoms with E-state index in [2.05, 4.69) is 19.5 Å². The van der Waals surface area contributed by atoms with E-state index in [-0.39, 0.29) is 8.51 Å². The van der Waals surface area contributed by atoms with E-state index in [1.807, 2.05) is 0 Å². The molecular weight excluding hydrogens is 149 g/mol. The predicted octanol–water partition coefficient (Wildman–Crippen LogP) is 0.0333. The lowest BCUT2D eigenvalue weighted by Crippen LogP contribution is -1.91. The molecule has 0 aliphatic rings. The van der Waals surface area contributed by atoms with E-state index in [0.717, 1.165) is 0 Å². The van der Waals surface area contributed by atoms with Gasteiger partial charge >= 0.3 is 0 Å². The van der Waals surface area contributed by atoms with Crippen molar-refractivity contribution in [2.24, 2.45) is 0 Å². The van der Waals surface area contributed by atoms with Gasteiger partial charge in [0.1, 0.15) is 6.33 Å². The van der Waals surface area contributed by atoms with Gasteiger partial charge in [0.2, 0.25) is 0 Å². The molecule has 1 unspecified atom stereocenters. The first kappa shape index (κ1) is 5.56. The van der Waals surface area contributed by atoms with Crippen molar-refractivity contribution >= 4 is 25.5 Å². The maximum atomic E-state index is 5.47. The molecule has 0 aliphatic heterocycles. The fourth-order valence-corrected chi connectivity index (χ4v) is 1.32. The SMILES string of the molecule is Nc1ncnc2n[pH]nc12. The van der Waals surface area contributed by atoms with Crippen molar-refractivity contribution < 1.29 is 0 Å². The molecule has 0 amide bonds. The van der Waals surface area contributed by atoms with Gasteiger partial charge in [-0.3, -0.25) is 0 Å². The maximum Gasteiger partial charge on any atom is 0.188 e. The summed E-state index contributed by atoms with van der Waals surface area (Å²) in [6.45, 7) is 0. The van der Waals surface area contributed by atoms with Crippen molar-refractivity contribution in [1.82, 2.24) is 19.5 Å². The highest BCUT2D eigenvalue weighted by atomic mass is 31.1. The molecule has 0 radical (unpaired) electrons. The summed E-state index contributed by atoms with van der Waals surface area (Å²) in [7, 11) is 0.210. The highest BCUT2D eigenvalue weighted by Gasteiger charge is 2.00. The summed E-state index contributed by atoms with van der Waals surface area (Å²) < 4.78 is 8.00. The zero-order valence-electron chi connectivity index (χ0n) is 4.94. The Balaban J connectivity index is 2.95. The number of fused-ring (bicyclic) bond motifs is 1. The largest absolute Gasteiger partial charge is 0.382 e. The number of anilines is 1. The third-order valence-electron chi connectivity index (χ3n) is 1.15. The first-order chi connectivity index (χ1) is 4.88. The van der Waals surface area contributed by atoms with Gasteiger partial charge in [-0.2, -0.15) is 4.75 Å². The lowest BCUT2D eigenvalue weighted by atomic mass is 10.5. The third-order valence-corrected chi connectivity index (χ3v) is 1.78. The Bertz CT molecular complexity index is 355. The maximum absolute atomic E-state index is 5.47.